The van der Waals surface area contributed by atoms with Crippen LogP contribution in [0.1, 0.15) is 44.1 Å². The number of nitrogens with zero attached hydrogens (tertiary/aromatic N) is 1. The summed E-state index contributed by atoms with van der Waals surface area (Å²) in [5, 5.41) is 3.48. The normalized spacial score (nSPS) is 25.6. The molecule has 1 aliphatic carbocycles. The minimum absolute atomic E-state index is 0.716. The fraction of sp³-hybridized carbons (Fsp3) is 0.714. The molecule has 2 heterocycles. The molecule has 1 saturated carbocycles. The van der Waals surface area contributed by atoms with E-state index in [1.807, 2.05) is 0 Å². The minimum atomic E-state index is 0.716. The van der Waals surface area contributed by atoms with E-state index in [1.54, 1.807) is 0 Å². The lowest BCUT2D eigenvalue weighted by molar-refractivity contribution is 0.235. The fourth-order valence-corrected chi connectivity index (χ4v) is 2.56. The van der Waals surface area contributed by atoms with E-state index >= 15 is 0 Å². The van der Waals surface area contributed by atoms with Crippen molar-refractivity contribution < 1.29 is 4.42 Å². The van der Waals surface area contributed by atoms with E-state index < -0.39 is 0 Å². The Morgan fingerprint density at radius 2 is 2.12 bits per heavy atom. The zero-order valence-electron chi connectivity index (χ0n) is 10.6. The highest BCUT2D eigenvalue weighted by Crippen LogP contribution is 2.22. The van der Waals surface area contributed by atoms with Crippen LogP contribution in [-0.4, -0.2) is 23.5 Å². The van der Waals surface area contributed by atoms with Crippen LogP contribution in [0.2, 0.25) is 0 Å². The summed E-state index contributed by atoms with van der Waals surface area (Å²) in [5.74, 6) is 2.20. The van der Waals surface area contributed by atoms with E-state index in [1.165, 1.54) is 32.2 Å². The summed E-state index contributed by atoms with van der Waals surface area (Å²) in [4.78, 5) is 2.51. The topological polar surface area (TPSA) is 28.4 Å². The second kappa shape index (κ2) is 4.83. The third-order valence-corrected chi connectivity index (χ3v) is 3.91. The molecular formula is C14H22N2O. The Bertz CT molecular complexity index is 370. The zero-order chi connectivity index (χ0) is 11.7. The number of hydrogen-bond donors (Lipinski definition) is 1. The maximum Gasteiger partial charge on any atom is 0.118 e. The lowest BCUT2D eigenvalue weighted by Gasteiger charge is -2.19. The van der Waals surface area contributed by atoms with Gasteiger partial charge in [0.2, 0.25) is 0 Å². The summed E-state index contributed by atoms with van der Waals surface area (Å²) in [7, 11) is 0. The second-order valence-electron chi connectivity index (χ2n) is 5.48. The zero-order valence-corrected chi connectivity index (χ0v) is 10.6. The molecule has 0 aromatic carbocycles. The molecule has 0 radical (unpaired) electrons. The summed E-state index contributed by atoms with van der Waals surface area (Å²) in [6.07, 6.45) is 5.33. The van der Waals surface area contributed by atoms with Crippen molar-refractivity contribution in [3.05, 3.63) is 23.7 Å². The van der Waals surface area contributed by atoms with Gasteiger partial charge in [-0.1, -0.05) is 0 Å². The maximum absolute atomic E-state index is 5.87. The molecule has 1 saturated heterocycles. The van der Waals surface area contributed by atoms with Crippen molar-refractivity contribution in [1.29, 1.82) is 0 Å². The monoisotopic (exact) mass is 234 g/mol. The van der Waals surface area contributed by atoms with Crippen molar-refractivity contribution in [2.75, 3.05) is 6.54 Å². The predicted molar refractivity (Wildman–Crippen MR) is 67.7 cm³/mol. The molecule has 2 fully saturated rings. The van der Waals surface area contributed by atoms with E-state index in [4.69, 9.17) is 4.42 Å². The fourth-order valence-electron chi connectivity index (χ4n) is 2.56. The Morgan fingerprint density at radius 1 is 1.29 bits per heavy atom. The molecule has 1 aliphatic heterocycles. The van der Waals surface area contributed by atoms with Gasteiger partial charge in [-0.05, 0) is 51.3 Å². The molecule has 94 valence electrons. The Kier molecular flexibility index (Phi) is 3.21. The van der Waals surface area contributed by atoms with Crippen LogP contribution in [-0.2, 0) is 13.1 Å². The first-order valence-corrected chi connectivity index (χ1v) is 6.86. The maximum atomic E-state index is 5.87. The molecule has 1 N–H and O–H groups in total. The van der Waals surface area contributed by atoms with Crippen molar-refractivity contribution in [3.8, 4) is 0 Å². The van der Waals surface area contributed by atoms with E-state index in [2.05, 4.69) is 29.3 Å². The van der Waals surface area contributed by atoms with E-state index in [-0.39, 0.29) is 0 Å². The van der Waals surface area contributed by atoms with Crippen LogP contribution < -0.4 is 5.32 Å². The molecule has 0 spiro atoms. The van der Waals surface area contributed by atoms with Crippen LogP contribution in [0.5, 0.6) is 0 Å². The second-order valence-corrected chi connectivity index (χ2v) is 5.48. The first kappa shape index (κ1) is 11.3. The van der Waals surface area contributed by atoms with Crippen LogP contribution in [0.4, 0.5) is 0 Å². The van der Waals surface area contributed by atoms with Gasteiger partial charge in [-0.15, -0.1) is 0 Å². The number of hydrogen-bond acceptors (Lipinski definition) is 3. The van der Waals surface area contributed by atoms with Gasteiger partial charge in [-0.25, -0.2) is 0 Å². The summed E-state index contributed by atoms with van der Waals surface area (Å²) < 4.78 is 5.87. The Morgan fingerprint density at radius 3 is 2.82 bits per heavy atom. The largest absolute Gasteiger partial charge is 0.463 e. The molecule has 3 heteroatoms. The summed E-state index contributed by atoms with van der Waals surface area (Å²) in [6.45, 7) is 5.40. The summed E-state index contributed by atoms with van der Waals surface area (Å²) in [6, 6.07) is 5.72. The van der Waals surface area contributed by atoms with Crippen molar-refractivity contribution in [2.45, 2.75) is 57.8 Å². The van der Waals surface area contributed by atoms with Crippen molar-refractivity contribution in [1.82, 2.24) is 10.2 Å². The van der Waals surface area contributed by atoms with Crippen molar-refractivity contribution in [3.63, 3.8) is 0 Å². The summed E-state index contributed by atoms with van der Waals surface area (Å²) >= 11 is 0. The van der Waals surface area contributed by atoms with Gasteiger partial charge in [-0.2, -0.15) is 0 Å². The van der Waals surface area contributed by atoms with Crippen molar-refractivity contribution >= 4 is 0 Å². The molecule has 2 aliphatic rings. The first-order chi connectivity index (χ1) is 8.31. The highest BCUT2D eigenvalue weighted by molar-refractivity contribution is 5.08. The van der Waals surface area contributed by atoms with Gasteiger partial charge in [0.15, 0.2) is 0 Å². The molecule has 3 nitrogen and oxygen atoms in total. The van der Waals surface area contributed by atoms with E-state index in [0.717, 1.165) is 30.7 Å². The summed E-state index contributed by atoms with van der Waals surface area (Å²) in [5.41, 5.74) is 0. The third-order valence-electron chi connectivity index (χ3n) is 3.91. The minimum Gasteiger partial charge on any atom is -0.463 e. The molecular weight excluding hydrogens is 212 g/mol. The quantitative estimate of drug-likeness (QED) is 0.848. The van der Waals surface area contributed by atoms with Gasteiger partial charge in [0.05, 0.1) is 13.1 Å². The molecule has 1 aromatic heterocycles. The smallest absolute Gasteiger partial charge is 0.118 e. The van der Waals surface area contributed by atoms with Crippen LogP contribution in [0.25, 0.3) is 0 Å². The van der Waals surface area contributed by atoms with E-state index in [9.17, 15) is 0 Å². The molecule has 0 amide bonds. The SMILES string of the molecule is CC1CCCN1Cc1ccc(CNC2CC2)o1. The highest BCUT2D eigenvalue weighted by Gasteiger charge is 2.22. The number of furan rings is 1. The first-order valence-electron chi connectivity index (χ1n) is 6.86. The standard InChI is InChI=1S/C14H22N2O/c1-11-3-2-8-16(11)10-14-7-6-13(17-14)9-15-12-4-5-12/h6-7,11-12,15H,2-5,8-10H2,1H3. The Balaban J connectivity index is 1.52. The number of rotatable bonds is 5. The lowest BCUT2D eigenvalue weighted by atomic mass is 10.2. The Labute approximate surface area is 103 Å². The van der Waals surface area contributed by atoms with Gasteiger partial charge in [0, 0.05) is 12.1 Å². The van der Waals surface area contributed by atoms with Gasteiger partial charge < -0.3 is 9.73 Å². The van der Waals surface area contributed by atoms with Gasteiger partial charge in [0.1, 0.15) is 11.5 Å². The molecule has 0 bridgehead atoms. The molecule has 1 aromatic rings. The average molecular weight is 234 g/mol. The highest BCUT2D eigenvalue weighted by atomic mass is 16.3. The van der Waals surface area contributed by atoms with Crippen LogP contribution >= 0.6 is 0 Å². The van der Waals surface area contributed by atoms with Crippen LogP contribution in [0.3, 0.4) is 0 Å². The van der Waals surface area contributed by atoms with Gasteiger partial charge in [0.25, 0.3) is 0 Å². The molecule has 17 heavy (non-hydrogen) atoms. The van der Waals surface area contributed by atoms with Gasteiger partial charge in [-0.3, -0.25) is 4.90 Å². The van der Waals surface area contributed by atoms with Crippen molar-refractivity contribution in [2.24, 2.45) is 0 Å². The molecule has 3 rings (SSSR count). The third kappa shape index (κ3) is 2.90. The van der Waals surface area contributed by atoms with Gasteiger partial charge >= 0.3 is 0 Å². The predicted octanol–water partition coefficient (Wildman–Crippen LogP) is 2.52. The number of likely N-dealkylation sites (tertiary alicyclic amines) is 1. The Hall–Kier alpha value is -0.800. The number of nitrogens with one attached hydrogen (secondary N) is 1. The lowest BCUT2D eigenvalue weighted by Crippen LogP contribution is -2.25. The van der Waals surface area contributed by atoms with Crippen LogP contribution in [0, 0.1) is 0 Å². The molecule has 1 atom stereocenters. The average Bonchev–Trinajstić information content (AvgIpc) is 2.92. The van der Waals surface area contributed by atoms with E-state index in [0.29, 0.717) is 6.04 Å². The van der Waals surface area contributed by atoms with Crippen LogP contribution in [0.15, 0.2) is 16.5 Å². The molecule has 1 unspecified atom stereocenters.